The molecule has 1 aromatic heterocycles. The summed E-state index contributed by atoms with van der Waals surface area (Å²) in [5, 5.41) is 3.81. The first-order chi connectivity index (χ1) is 9.15. The molecule has 100 valence electrons. The lowest BCUT2D eigenvalue weighted by Crippen LogP contribution is -2.12. The summed E-state index contributed by atoms with van der Waals surface area (Å²) in [5.41, 5.74) is 0.840. The number of carbonyl (C=O) groups excluding carboxylic acids is 1. The number of nitrogens with one attached hydrogen (secondary N) is 1. The predicted octanol–water partition coefficient (Wildman–Crippen LogP) is 3.15. The summed E-state index contributed by atoms with van der Waals surface area (Å²) in [7, 11) is 1.95. The number of rotatable bonds is 5. The Hall–Kier alpha value is -1.02. The number of benzene rings is 1. The van der Waals surface area contributed by atoms with Crippen LogP contribution in [0.5, 0.6) is 0 Å². The van der Waals surface area contributed by atoms with E-state index in [0.717, 1.165) is 20.2 Å². The molecule has 1 heterocycles. The van der Waals surface area contributed by atoms with Crippen molar-refractivity contribution in [1.82, 2.24) is 9.55 Å². The van der Waals surface area contributed by atoms with E-state index >= 15 is 0 Å². The lowest BCUT2D eigenvalue weighted by atomic mass is 10.3. The zero-order valence-electron chi connectivity index (χ0n) is 10.5. The van der Waals surface area contributed by atoms with Gasteiger partial charge in [0, 0.05) is 40.9 Å². The molecule has 0 saturated carbocycles. The van der Waals surface area contributed by atoms with Crippen LogP contribution in [-0.2, 0) is 11.8 Å². The molecule has 0 bridgehead atoms. The number of hydrogen-bond acceptors (Lipinski definition) is 3. The standard InChI is InChI=1S/C13H14IN3OS/c1-17-8-7-15-13(17)19-9-6-12(18)16-11-4-2-10(14)3-5-11/h2-5,7-8H,6,9H2,1H3,(H,16,18). The second-order valence-electron chi connectivity index (χ2n) is 3.97. The minimum absolute atomic E-state index is 0.0305. The van der Waals surface area contributed by atoms with Gasteiger partial charge in [0.05, 0.1) is 0 Å². The van der Waals surface area contributed by atoms with Crippen LogP contribution in [0.1, 0.15) is 6.42 Å². The quantitative estimate of drug-likeness (QED) is 0.634. The molecule has 0 spiro atoms. The van der Waals surface area contributed by atoms with Crippen molar-refractivity contribution in [2.75, 3.05) is 11.1 Å². The van der Waals surface area contributed by atoms with Crippen molar-refractivity contribution in [3.63, 3.8) is 0 Å². The molecule has 2 aromatic rings. The highest BCUT2D eigenvalue weighted by Crippen LogP contribution is 2.16. The van der Waals surface area contributed by atoms with E-state index < -0.39 is 0 Å². The summed E-state index contributed by atoms with van der Waals surface area (Å²) < 4.78 is 3.10. The second-order valence-corrected chi connectivity index (χ2v) is 6.28. The third-order valence-corrected chi connectivity index (χ3v) is 4.24. The number of anilines is 1. The van der Waals surface area contributed by atoms with Gasteiger partial charge in [0.25, 0.3) is 0 Å². The van der Waals surface area contributed by atoms with Crippen LogP contribution < -0.4 is 5.32 Å². The minimum Gasteiger partial charge on any atom is -0.329 e. The van der Waals surface area contributed by atoms with Crippen LogP contribution >= 0.6 is 34.4 Å². The van der Waals surface area contributed by atoms with Crippen molar-refractivity contribution >= 4 is 45.9 Å². The molecule has 0 aliphatic carbocycles. The van der Waals surface area contributed by atoms with Crippen LogP contribution in [0.4, 0.5) is 5.69 Å². The van der Waals surface area contributed by atoms with Gasteiger partial charge in [-0.1, -0.05) is 11.8 Å². The molecular weight excluding hydrogens is 373 g/mol. The van der Waals surface area contributed by atoms with E-state index in [4.69, 9.17) is 0 Å². The molecule has 2 rings (SSSR count). The molecule has 0 aliphatic heterocycles. The number of aryl methyl sites for hydroxylation is 1. The van der Waals surface area contributed by atoms with E-state index in [2.05, 4.69) is 32.9 Å². The van der Waals surface area contributed by atoms with Gasteiger partial charge in [0.1, 0.15) is 0 Å². The maximum absolute atomic E-state index is 11.8. The molecule has 0 saturated heterocycles. The summed E-state index contributed by atoms with van der Waals surface area (Å²) in [6, 6.07) is 7.76. The van der Waals surface area contributed by atoms with Gasteiger partial charge in [-0.3, -0.25) is 4.79 Å². The Bertz CT molecular complexity index is 553. The third kappa shape index (κ3) is 4.54. The van der Waals surface area contributed by atoms with Crippen LogP contribution in [0.15, 0.2) is 41.8 Å². The summed E-state index contributed by atoms with van der Waals surface area (Å²) in [6.07, 6.45) is 4.13. The first kappa shape index (κ1) is 14.4. The predicted molar refractivity (Wildman–Crippen MR) is 86.3 cm³/mol. The fourth-order valence-corrected chi connectivity index (χ4v) is 2.71. The van der Waals surface area contributed by atoms with Crippen molar-refractivity contribution in [3.05, 3.63) is 40.2 Å². The Labute approximate surface area is 130 Å². The normalized spacial score (nSPS) is 10.4. The number of imidazole rings is 1. The summed E-state index contributed by atoms with van der Waals surface area (Å²) in [6.45, 7) is 0. The van der Waals surface area contributed by atoms with Crippen molar-refractivity contribution in [2.45, 2.75) is 11.6 Å². The van der Waals surface area contributed by atoms with E-state index in [1.807, 2.05) is 42.1 Å². The number of nitrogens with zero attached hydrogens (tertiary/aromatic N) is 2. The SMILES string of the molecule is Cn1ccnc1SCCC(=O)Nc1ccc(I)cc1. The topological polar surface area (TPSA) is 46.9 Å². The molecule has 0 unspecified atom stereocenters. The van der Waals surface area contributed by atoms with Crippen LogP contribution in [-0.4, -0.2) is 21.2 Å². The highest BCUT2D eigenvalue weighted by Gasteiger charge is 2.05. The third-order valence-electron chi connectivity index (χ3n) is 2.47. The lowest BCUT2D eigenvalue weighted by molar-refractivity contribution is -0.115. The largest absolute Gasteiger partial charge is 0.329 e. The molecule has 0 fully saturated rings. The number of thioether (sulfide) groups is 1. The number of hydrogen-bond donors (Lipinski definition) is 1. The maximum atomic E-state index is 11.8. The van der Waals surface area contributed by atoms with E-state index in [0.29, 0.717) is 6.42 Å². The van der Waals surface area contributed by atoms with Crippen LogP contribution in [0.25, 0.3) is 0 Å². The molecule has 1 amide bonds. The Morgan fingerprint density at radius 1 is 1.42 bits per heavy atom. The average Bonchev–Trinajstić information content (AvgIpc) is 2.78. The fraction of sp³-hybridized carbons (Fsp3) is 0.231. The summed E-state index contributed by atoms with van der Waals surface area (Å²) >= 11 is 3.82. The highest BCUT2D eigenvalue weighted by molar-refractivity contribution is 14.1. The van der Waals surface area contributed by atoms with Gasteiger partial charge in [0.2, 0.25) is 5.91 Å². The molecular formula is C13H14IN3OS. The number of halogens is 1. The van der Waals surface area contributed by atoms with E-state index in [1.165, 1.54) is 0 Å². The van der Waals surface area contributed by atoms with Crippen molar-refractivity contribution in [3.8, 4) is 0 Å². The van der Waals surface area contributed by atoms with Crippen LogP contribution in [0, 0.1) is 3.57 Å². The van der Waals surface area contributed by atoms with Gasteiger partial charge in [0.15, 0.2) is 5.16 Å². The highest BCUT2D eigenvalue weighted by atomic mass is 127. The first-order valence-electron chi connectivity index (χ1n) is 5.80. The average molecular weight is 387 g/mol. The number of aromatic nitrogens is 2. The molecule has 6 heteroatoms. The molecule has 19 heavy (non-hydrogen) atoms. The molecule has 4 nitrogen and oxygen atoms in total. The molecule has 0 radical (unpaired) electrons. The van der Waals surface area contributed by atoms with Crippen LogP contribution in [0.2, 0.25) is 0 Å². The monoisotopic (exact) mass is 387 g/mol. The second kappa shape index (κ2) is 6.95. The zero-order valence-corrected chi connectivity index (χ0v) is 13.4. The van der Waals surface area contributed by atoms with Crippen molar-refractivity contribution in [1.29, 1.82) is 0 Å². The molecule has 1 aromatic carbocycles. The smallest absolute Gasteiger partial charge is 0.225 e. The minimum atomic E-state index is 0.0305. The van der Waals surface area contributed by atoms with Crippen molar-refractivity contribution < 1.29 is 4.79 Å². The van der Waals surface area contributed by atoms with Gasteiger partial charge in [-0.25, -0.2) is 4.98 Å². The Morgan fingerprint density at radius 3 is 2.79 bits per heavy atom. The zero-order chi connectivity index (χ0) is 13.7. The van der Waals surface area contributed by atoms with Gasteiger partial charge in [-0.15, -0.1) is 0 Å². The summed E-state index contributed by atoms with van der Waals surface area (Å²) in [4.78, 5) is 16.0. The van der Waals surface area contributed by atoms with E-state index in [-0.39, 0.29) is 5.91 Å². The van der Waals surface area contributed by atoms with E-state index in [1.54, 1.807) is 18.0 Å². The van der Waals surface area contributed by atoms with Gasteiger partial charge in [-0.05, 0) is 46.9 Å². The van der Waals surface area contributed by atoms with Gasteiger partial charge >= 0.3 is 0 Å². The van der Waals surface area contributed by atoms with Gasteiger partial charge < -0.3 is 9.88 Å². The van der Waals surface area contributed by atoms with Crippen molar-refractivity contribution in [2.24, 2.45) is 7.05 Å². The fourth-order valence-electron chi connectivity index (χ4n) is 1.48. The summed E-state index contributed by atoms with van der Waals surface area (Å²) in [5.74, 6) is 0.754. The molecule has 0 aliphatic rings. The Kier molecular flexibility index (Phi) is 5.26. The molecule has 1 N–H and O–H groups in total. The maximum Gasteiger partial charge on any atom is 0.225 e. The lowest BCUT2D eigenvalue weighted by Gasteiger charge is -2.05. The van der Waals surface area contributed by atoms with Crippen LogP contribution in [0.3, 0.4) is 0 Å². The Balaban J connectivity index is 1.76. The van der Waals surface area contributed by atoms with Gasteiger partial charge in [-0.2, -0.15) is 0 Å². The molecule has 0 atom stereocenters. The first-order valence-corrected chi connectivity index (χ1v) is 7.87. The van der Waals surface area contributed by atoms with E-state index in [9.17, 15) is 4.79 Å². The number of amides is 1. The number of carbonyl (C=O) groups is 1. The Morgan fingerprint density at radius 2 is 2.16 bits per heavy atom.